The second kappa shape index (κ2) is 8.99. The van der Waals surface area contributed by atoms with Crippen LogP contribution in [0.3, 0.4) is 0 Å². The Hall–Kier alpha value is -2.78. The number of piperidine rings is 1. The molecule has 0 unspecified atom stereocenters. The molecule has 5 rings (SSSR count). The zero-order valence-electron chi connectivity index (χ0n) is 18.4. The van der Waals surface area contributed by atoms with E-state index >= 15 is 0 Å². The first-order chi connectivity index (χ1) is 15.6. The van der Waals surface area contributed by atoms with E-state index in [9.17, 15) is 4.79 Å². The molecule has 2 aromatic heterocycles. The van der Waals surface area contributed by atoms with Crippen LogP contribution in [-0.2, 0) is 20.3 Å². The van der Waals surface area contributed by atoms with Crippen molar-refractivity contribution in [2.24, 2.45) is 7.05 Å². The fraction of sp³-hybridized carbons (Fsp3) is 0.478. The first kappa shape index (κ1) is 21.1. The molecule has 2 aliphatic rings. The van der Waals surface area contributed by atoms with Crippen LogP contribution in [0.1, 0.15) is 53.3 Å². The van der Waals surface area contributed by atoms with Crippen molar-refractivity contribution in [2.75, 3.05) is 13.1 Å². The van der Waals surface area contributed by atoms with E-state index in [0.29, 0.717) is 18.2 Å². The Kier molecular flexibility index (Phi) is 5.93. The summed E-state index contributed by atoms with van der Waals surface area (Å²) in [5.74, 6) is 1.61. The molecule has 0 spiro atoms. The lowest BCUT2D eigenvalue weighted by molar-refractivity contribution is 0.0895. The van der Waals surface area contributed by atoms with Gasteiger partial charge in [-0.15, -0.1) is 0 Å². The molecule has 8 nitrogen and oxygen atoms in total. The Bertz CT molecular complexity index is 1140. The number of amides is 1. The van der Waals surface area contributed by atoms with Crippen molar-refractivity contribution >= 4 is 18.1 Å². The maximum Gasteiger partial charge on any atom is 0.254 e. The fourth-order valence-corrected chi connectivity index (χ4v) is 4.58. The summed E-state index contributed by atoms with van der Waals surface area (Å²) in [6.07, 6.45) is 7.58. The Morgan fingerprint density at radius 1 is 1.16 bits per heavy atom. The summed E-state index contributed by atoms with van der Waals surface area (Å²) in [6.45, 7) is 3.28. The van der Waals surface area contributed by atoms with E-state index < -0.39 is 0 Å². The second-order valence-electron chi connectivity index (χ2n) is 8.90. The minimum absolute atomic E-state index is 0.0486. The normalized spacial score (nSPS) is 17.5. The van der Waals surface area contributed by atoms with Gasteiger partial charge >= 0.3 is 0 Å². The summed E-state index contributed by atoms with van der Waals surface area (Å²) in [6, 6.07) is 10.6. The van der Waals surface area contributed by atoms with Gasteiger partial charge in [0, 0.05) is 38.3 Å². The quantitative estimate of drug-likeness (QED) is 0.559. The van der Waals surface area contributed by atoms with Crippen LogP contribution < -0.4 is 5.32 Å². The number of carbonyl (C=O) groups is 1. The van der Waals surface area contributed by atoms with Crippen LogP contribution in [0.15, 0.2) is 42.7 Å². The number of aromatic nitrogens is 5. The first-order valence-corrected chi connectivity index (χ1v) is 11.7. The van der Waals surface area contributed by atoms with Gasteiger partial charge in [0.05, 0.1) is 25.0 Å². The van der Waals surface area contributed by atoms with Gasteiger partial charge in [0.2, 0.25) is 0 Å². The van der Waals surface area contributed by atoms with Gasteiger partial charge in [0.15, 0.2) is 4.77 Å². The van der Waals surface area contributed by atoms with Crippen LogP contribution in [0.4, 0.5) is 0 Å². The lowest BCUT2D eigenvalue weighted by atomic mass is 10.1. The van der Waals surface area contributed by atoms with E-state index in [4.69, 9.17) is 17.3 Å². The van der Waals surface area contributed by atoms with Crippen LogP contribution in [0, 0.1) is 4.77 Å². The molecule has 1 amide bonds. The molecule has 1 aromatic carbocycles. The molecule has 1 aliphatic carbocycles. The van der Waals surface area contributed by atoms with Gasteiger partial charge in [-0.1, -0.05) is 30.3 Å². The SMILES string of the molecule is Cn1cc(C(=O)NC2CCN(Cn3nc(C4CC4)n(Cc4ccccc4)c3=S)CC2)cn1. The van der Waals surface area contributed by atoms with Crippen molar-refractivity contribution in [3.05, 3.63) is 64.4 Å². The molecule has 9 heteroatoms. The Labute approximate surface area is 192 Å². The average Bonchev–Trinajstić information content (AvgIpc) is 3.49. The number of hydrogen-bond donors (Lipinski definition) is 1. The molecular weight excluding hydrogens is 422 g/mol. The van der Waals surface area contributed by atoms with Gasteiger partial charge in [-0.2, -0.15) is 10.2 Å². The highest BCUT2D eigenvalue weighted by atomic mass is 32.1. The number of hydrogen-bond acceptors (Lipinski definition) is 5. The molecule has 2 fully saturated rings. The van der Waals surface area contributed by atoms with Crippen molar-refractivity contribution < 1.29 is 4.79 Å². The number of aryl methyl sites for hydroxylation is 1. The highest BCUT2D eigenvalue weighted by Gasteiger charge is 2.31. The molecule has 1 saturated carbocycles. The molecule has 3 aromatic rings. The average molecular weight is 452 g/mol. The van der Waals surface area contributed by atoms with E-state index in [1.807, 2.05) is 17.8 Å². The number of benzene rings is 1. The smallest absolute Gasteiger partial charge is 0.254 e. The first-order valence-electron chi connectivity index (χ1n) is 11.3. The van der Waals surface area contributed by atoms with Gasteiger partial charge in [-0.3, -0.25) is 18.9 Å². The molecule has 168 valence electrons. The zero-order chi connectivity index (χ0) is 22.1. The number of likely N-dealkylation sites (tertiary alicyclic amines) is 1. The fourth-order valence-electron chi connectivity index (χ4n) is 4.32. The van der Waals surface area contributed by atoms with Crippen LogP contribution in [0.5, 0.6) is 0 Å². The number of rotatable bonds is 7. The number of nitrogens with one attached hydrogen (secondary N) is 1. The van der Waals surface area contributed by atoms with Gasteiger partial charge < -0.3 is 5.32 Å². The third kappa shape index (κ3) is 4.68. The van der Waals surface area contributed by atoms with Gasteiger partial charge in [0.25, 0.3) is 5.91 Å². The van der Waals surface area contributed by atoms with Gasteiger partial charge in [0.1, 0.15) is 5.82 Å². The molecule has 32 heavy (non-hydrogen) atoms. The zero-order valence-corrected chi connectivity index (χ0v) is 19.2. The van der Waals surface area contributed by atoms with Crippen molar-refractivity contribution in [1.82, 2.24) is 34.3 Å². The molecule has 0 bridgehead atoms. The van der Waals surface area contributed by atoms with E-state index in [2.05, 4.69) is 44.1 Å². The monoisotopic (exact) mass is 451 g/mol. The maximum absolute atomic E-state index is 12.4. The van der Waals surface area contributed by atoms with Crippen LogP contribution in [0.2, 0.25) is 0 Å². The largest absolute Gasteiger partial charge is 0.349 e. The molecule has 0 radical (unpaired) electrons. The molecule has 1 aliphatic heterocycles. The lowest BCUT2D eigenvalue weighted by Gasteiger charge is -2.31. The predicted molar refractivity (Wildman–Crippen MR) is 124 cm³/mol. The summed E-state index contributed by atoms with van der Waals surface area (Å²) in [5, 5.41) is 12.1. The maximum atomic E-state index is 12.4. The van der Waals surface area contributed by atoms with E-state index in [1.165, 1.54) is 18.4 Å². The molecule has 0 atom stereocenters. The molecule has 1 saturated heterocycles. The van der Waals surface area contributed by atoms with Crippen molar-refractivity contribution in [1.29, 1.82) is 0 Å². The molecular formula is C23H29N7OS. The number of nitrogens with zero attached hydrogens (tertiary/aromatic N) is 6. The Morgan fingerprint density at radius 2 is 1.91 bits per heavy atom. The van der Waals surface area contributed by atoms with Crippen molar-refractivity contribution in [3.8, 4) is 0 Å². The van der Waals surface area contributed by atoms with Crippen molar-refractivity contribution in [3.63, 3.8) is 0 Å². The number of carbonyl (C=O) groups excluding carboxylic acids is 1. The summed E-state index contributed by atoms with van der Waals surface area (Å²) in [4.78, 5) is 14.8. The van der Waals surface area contributed by atoms with Gasteiger partial charge in [-0.25, -0.2) is 4.68 Å². The van der Waals surface area contributed by atoms with E-state index in [0.717, 1.165) is 43.1 Å². The summed E-state index contributed by atoms with van der Waals surface area (Å²) in [7, 11) is 1.82. The highest BCUT2D eigenvalue weighted by molar-refractivity contribution is 7.71. The second-order valence-corrected chi connectivity index (χ2v) is 9.26. The minimum atomic E-state index is -0.0486. The minimum Gasteiger partial charge on any atom is -0.349 e. The Balaban J connectivity index is 1.21. The Morgan fingerprint density at radius 3 is 2.56 bits per heavy atom. The van der Waals surface area contributed by atoms with Crippen LogP contribution in [-0.4, -0.2) is 54.1 Å². The highest BCUT2D eigenvalue weighted by Crippen LogP contribution is 2.39. The third-order valence-electron chi connectivity index (χ3n) is 6.30. The summed E-state index contributed by atoms with van der Waals surface area (Å²) in [5.41, 5.74) is 1.85. The molecule has 3 heterocycles. The van der Waals surface area contributed by atoms with E-state index in [-0.39, 0.29) is 11.9 Å². The summed E-state index contributed by atoms with van der Waals surface area (Å²) < 4.78 is 6.64. The summed E-state index contributed by atoms with van der Waals surface area (Å²) >= 11 is 5.84. The van der Waals surface area contributed by atoms with Gasteiger partial charge in [-0.05, 0) is 43.5 Å². The van der Waals surface area contributed by atoms with Crippen molar-refractivity contribution in [2.45, 2.75) is 50.9 Å². The lowest BCUT2D eigenvalue weighted by Crippen LogP contribution is -2.45. The van der Waals surface area contributed by atoms with Crippen LogP contribution >= 0.6 is 12.2 Å². The predicted octanol–water partition coefficient (Wildman–Crippen LogP) is 2.93. The third-order valence-corrected chi connectivity index (χ3v) is 6.73. The molecule has 1 N–H and O–H groups in total. The topological polar surface area (TPSA) is 72.9 Å². The standard InChI is InChI=1S/C23H29N7OS/c1-27-15-19(13-24-27)22(31)25-20-9-11-28(12-10-20)16-30-23(32)29(21(26-30)18-7-8-18)14-17-5-3-2-4-6-17/h2-6,13,15,18,20H,7-12,14,16H2,1H3,(H,25,31). The van der Waals surface area contributed by atoms with E-state index in [1.54, 1.807) is 17.1 Å². The van der Waals surface area contributed by atoms with Crippen LogP contribution in [0.25, 0.3) is 0 Å².